The normalized spacial score (nSPS) is 21.1. The molecule has 2 rings (SSSR count). The Balaban J connectivity index is 2.60. The average Bonchev–Trinajstić information content (AvgIpc) is 2.33. The lowest BCUT2D eigenvalue weighted by Gasteiger charge is -2.02. The fraction of sp³-hybridized carbons (Fsp3) is 0.333. The number of rotatable bonds is 0. The number of benzene rings is 1. The van der Waals surface area contributed by atoms with Crippen LogP contribution in [0, 0.1) is 11.6 Å². The van der Waals surface area contributed by atoms with Crippen LogP contribution in [0.4, 0.5) is 8.78 Å². The van der Waals surface area contributed by atoms with E-state index in [9.17, 15) is 8.78 Å². The molecule has 0 nitrogen and oxygen atoms in total. The van der Waals surface area contributed by atoms with E-state index in [4.69, 9.17) is 11.6 Å². The van der Waals surface area contributed by atoms with Crippen molar-refractivity contribution in [1.29, 1.82) is 0 Å². The van der Waals surface area contributed by atoms with Crippen molar-refractivity contribution in [2.45, 2.75) is 18.2 Å². The minimum atomic E-state index is -0.543. The van der Waals surface area contributed by atoms with Gasteiger partial charge in [-0.3, -0.25) is 0 Å². The molecule has 0 N–H and O–H groups in total. The summed E-state index contributed by atoms with van der Waals surface area (Å²) in [5.74, 6) is -1.01. The van der Waals surface area contributed by atoms with Crippen LogP contribution in [0.25, 0.3) is 0 Å². The molecule has 0 fully saturated rings. The molecule has 64 valence electrons. The predicted octanol–water partition coefficient (Wildman–Crippen LogP) is 3.19. The molecule has 12 heavy (non-hydrogen) atoms. The van der Waals surface area contributed by atoms with Crippen LogP contribution >= 0.6 is 11.6 Å². The van der Waals surface area contributed by atoms with E-state index in [1.807, 2.05) is 0 Å². The third kappa shape index (κ3) is 1.11. The van der Waals surface area contributed by atoms with Gasteiger partial charge in [-0.1, -0.05) is 0 Å². The van der Waals surface area contributed by atoms with Gasteiger partial charge in [-0.2, -0.15) is 0 Å². The SMILES string of the molecule is Fc1cc(F)c2c(c1)C(Cl)CC2. The Morgan fingerprint density at radius 1 is 1.33 bits per heavy atom. The topological polar surface area (TPSA) is 0 Å². The quantitative estimate of drug-likeness (QED) is 0.549. The number of fused-ring (bicyclic) bond motifs is 1. The van der Waals surface area contributed by atoms with Crippen molar-refractivity contribution >= 4 is 11.6 Å². The lowest BCUT2D eigenvalue weighted by Crippen LogP contribution is -1.91. The first kappa shape index (κ1) is 7.99. The zero-order chi connectivity index (χ0) is 8.72. The molecule has 1 aromatic rings. The minimum absolute atomic E-state index is 0.217. The molecule has 0 bridgehead atoms. The van der Waals surface area contributed by atoms with E-state index in [-0.39, 0.29) is 5.38 Å². The summed E-state index contributed by atoms with van der Waals surface area (Å²) in [4.78, 5) is 0. The third-order valence-corrected chi connectivity index (χ3v) is 2.63. The first-order valence-corrected chi connectivity index (χ1v) is 4.24. The minimum Gasteiger partial charge on any atom is -0.207 e. The van der Waals surface area contributed by atoms with Crippen LogP contribution in [0.2, 0.25) is 0 Å². The van der Waals surface area contributed by atoms with E-state index in [1.165, 1.54) is 6.07 Å². The number of alkyl halides is 1. The summed E-state index contributed by atoms with van der Waals surface area (Å²) in [7, 11) is 0. The molecule has 1 aromatic carbocycles. The van der Waals surface area contributed by atoms with Gasteiger partial charge in [0.1, 0.15) is 11.6 Å². The van der Waals surface area contributed by atoms with E-state index >= 15 is 0 Å². The zero-order valence-electron chi connectivity index (χ0n) is 6.28. The molecule has 0 heterocycles. The summed E-state index contributed by atoms with van der Waals surface area (Å²) in [6, 6.07) is 2.23. The molecule has 0 spiro atoms. The van der Waals surface area contributed by atoms with Crippen LogP contribution in [0.15, 0.2) is 12.1 Å². The van der Waals surface area contributed by atoms with Crippen LogP contribution in [-0.4, -0.2) is 0 Å². The Kier molecular flexibility index (Phi) is 1.80. The van der Waals surface area contributed by atoms with Crippen LogP contribution < -0.4 is 0 Å². The molecule has 1 unspecified atom stereocenters. The number of hydrogen-bond donors (Lipinski definition) is 0. The van der Waals surface area contributed by atoms with Crippen molar-refractivity contribution in [3.8, 4) is 0 Å². The molecule has 0 saturated heterocycles. The fourth-order valence-electron chi connectivity index (χ4n) is 1.59. The van der Waals surface area contributed by atoms with Crippen molar-refractivity contribution in [3.63, 3.8) is 0 Å². The zero-order valence-corrected chi connectivity index (χ0v) is 7.04. The van der Waals surface area contributed by atoms with Crippen molar-refractivity contribution < 1.29 is 8.78 Å². The maximum absolute atomic E-state index is 13.0. The Bertz CT molecular complexity index is 323. The molecule has 3 heteroatoms. The summed E-state index contributed by atoms with van der Waals surface area (Å²) in [6.45, 7) is 0. The summed E-state index contributed by atoms with van der Waals surface area (Å²) in [5.41, 5.74) is 1.20. The highest BCUT2D eigenvalue weighted by atomic mass is 35.5. The molecule has 1 atom stereocenters. The van der Waals surface area contributed by atoms with Crippen molar-refractivity contribution in [3.05, 3.63) is 34.9 Å². The lowest BCUT2D eigenvalue weighted by atomic mass is 10.1. The molecule has 0 saturated carbocycles. The standard InChI is InChI=1S/C9H7ClF2/c10-8-2-1-6-7(8)3-5(11)4-9(6)12/h3-4,8H,1-2H2. The van der Waals surface area contributed by atoms with Gasteiger partial charge in [0, 0.05) is 6.07 Å². The van der Waals surface area contributed by atoms with Gasteiger partial charge < -0.3 is 0 Å². The van der Waals surface area contributed by atoms with Gasteiger partial charge in [-0.05, 0) is 30.0 Å². The van der Waals surface area contributed by atoms with Gasteiger partial charge in [0.05, 0.1) is 5.38 Å². The Hall–Kier alpha value is -0.630. The van der Waals surface area contributed by atoms with E-state index < -0.39 is 11.6 Å². The smallest absolute Gasteiger partial charge is 0.129 e. The first-order valence-electron chi connectivity index (χ1n) is 3.80. The number of hydrogen-bond acceptors (Lipinski definition) is 0. The van der Waals surface area contributed by atoms with E-state index in [0.29, 0.717) is 24.0 Å². The largest absolute Gasteiger partial charge is 0.207 e. The second kappa shape index (κ2) is 2.70. The Morgan fingerprint density at radius 3 is 2.83 bits per heavy atom. The second-order valence-corrected chi connectivity index (χ2v) is 3.49. The molecule has 0 aliphatic heterocycles. The highest BCUT2D eigenvalue weighted by Gasteiger charge is 2.23. The maximum atomic E-state index is 13.0. The van der Waals surface area contributed by atoms with E-state index in [0.717, 1.165) is 6.07 Å². The van der Waals surface area contributed by atoms with E-state index in [1.54, 1.807) is 0 Å². The summed E-state index contributed by atoms with van der Waals surface area (Å²) in [5, 5.41) is -0.217. The monoisotopic (exact) mass is 188 g/mol. The van der Waals surface area contributed by atoms with Crippen molar-refractivity contribution in [2.75, 3.05) is 0 Å². The molecular formula is C9H7ClF2. The van der Waals surface area contributed by atoms with E-state index in [2.05, 4.69) is 0 Å². The summed E-state index contributed by atoms with van der Waals surface area (Å²) >= 11 is 5.85. The van der Waals surface area contributed by atoms with Crippen LogP contribution in [0.1, 0.15) is 22.9 Å². The van der Waals surface area contributed by atoms with Crippen LogP contribution in [-0.2, 0) is 6.42 Å². The van der Waals surface area contributed by atoms with Gasteiger partial charge >= 0.3 is 0 Å². The highest BCUT2D eigenvalue weighted by Crippen LogP contribution is 2.37. The Labute approximate surface area is 74.2 Å². The third-order valence-electron chi connectivity index (χ3n) is 2.18. The summed E-state index contributed by atoms with van der Waals surface area (Å²) < 4.78 is 25.7. The lowest BCUT2D eigenvalue weighted by molar-refractivity contribution is 0.574. The van der Waals surface area contributed by atoms with Gasteiger partial charge in [-0.15, -0.1) is 11.6 Å². The maximum Gasteiger partial charge on any atom is 0.129 e. The molecule has 0 amide bonds. The van der Waals surface area contributed by atoms with Gasteiger partial charge in [0.15, 0.2) is 0 Å². The summed E-state index contributed by atoms with van der Waals surface area (Å²) in [6.07, 6.45) is 1.33. The Morgan fingerprint density at radius 2 is 2.08 bits per heavy atom. The predicted molar refractivity (Wildman–Crippen MR) is 43.3 cm³/mol. The van der Waals surface area contributed by atoms with Crippen molar-refractivity contribution in [2.24, 2.45) is 0 Å². The molecule has 1 aliphatic rings. The van der Waals surface area contributed by atoms with Crippen molar-refractivity contribution in [1.82, 2.24) is 0 Å². The molecule has 0 radical (unpaired) electrons. The van der Waals surface area contributed by atoms with Gasteiger partial charge in [-0.25, -0.2) is 8.78 Å². The highest BCUT2D eigenvalue weighted by molar-refractivity contribution is 6.21. The first-order chi connectivity index (χ1) is 5.68. The fourth-order valence-corrected chi connectivity index (χ4v) is 1.90. The number of halogens is 3. The van der Waals surface area contributed by atoms with Gasteiger partial charge in [0.25, 0.3) is 0 Å². The molecule has 1 aliphatic carbocycles. The molecule has 0 aromatic heterocycles. The average molecular weight is 189 g/mol. The van der Waals surface area contributed by atoms with Gasteiger partial charge in [0.2, 0.25) is 0 Å². The molecular weight excluding hydrogens is 182 g/mol. The second-order valence-electron chi connectivity index (χ2n) is 2.96. The van der Waals surface area contributed by atoms with Crippen LogP contribution in [0.5, 0.6) is 0 Å². The van der Waals surface area contributed by atoms with Crippen LogP contribution in [0.3, 0.4) is 0 Å².